The SMILES string of the molecule is CCOC(=O)/C=C/c1cc(F)c(F)c(F)c1C. The monoisotopic (exact) mass is 244 g/mol. The molecule has 0 aliphatic heterocycles. The van der Waals surface area contributed by atoms with Gasteiger partial charge in [-0.25, -0.2) is 18.0 Å². The number of halogens is 3. The molecule has 5 heteroatoms. The van der Waals surface area contributed by atoms with Crippen LogP contribution in [0.1, 0.15) is 18.1 Å². The Morgan fingerprint density at radius 1 is 1.35 bits per heavy atom. The first kappa shape index (κ1) is 13.3. The fourth-order valence-electron chi connectivity index (χ4n) is 1.23. The van der Waals surface area contributed by atoms with Crippen LogP contribution >= 0.6 is 0 Å². The molecule has 0 unspecified atom stereocenters. The van der Waals surface area contributed by atoms with Crippen molar-refractivity contribution in [2.75, 3.05) is 6.61 Å². The van der Waals surface area contributed by atoms with Gasteiger partial charge < -0.3 is 4.74 Å². The van der Waals surface area contributed by atoms with Crippen LogP contribution in [-0.2, 0) is 9.53 Å². The van der Waals surface area contributed by atoms with Crippen LogP contribution in [0.4, 0.5) is 13.2 Å². The molecule has 0 amide bonds. The lowest BCUT2D eigenvalue weighted by atomic mass is 10.1. The summed E-state index contributed by atoms with van der Waals surface area (Å²) >= 11 is 0. The van der Waals surface area contributed by atoms with Gasteiger partial charge in [-0.15, -0.1) is 0 Å². The molecule has 1 aromatic rings. The maximum absolute atomic E-state index is 13.2. The van der Waals surface area contributed by atoms with Crippen molar-refractivity contribution in [2.24, 2.45) is 0 Å². The van der Waals surface area contributed by atoms with Gasteiger partial charge in [0.1, 0.15) is 0 Å². The fourth-order valence-corrected chi connectivity index (χ4v) is 1.23. The first-order chi connectivity index (χ1) is 7.97. The van der Waals surface area contributed by atoms with Crippen LogP contribution < -0.4 is 0 Å². The third-order valence-electron chi connectivity index (χ3n) is 2.13. The van der Waals surface area contributed by atoms with Crippen molar-refractivity contribution in [3.8, 4) is 0 Å². The van der Waals surface area contributed by atoms with Crippen molar-refractivity contribution in [1.82, 2.24) is 0 Å². The predicted molar refractivity (Wildman–Crippen MR) is 56.7 cm³/mol. The van der Waals surface area contributed by atoms with Crippen LogP contribution in [0.2, 0.25) is 0 Å². The Kier molecular flexibility index (Phi) is 4.31. The van der Waals surface area contributed by atoms with Gasteiger partial charge in [-0.1, -0.05) is 0 Å². The lowest BCUT2D eigenvalue weighted by molar-refractivity contribution is -0.137. The van der Waals surface area contributed by atoms with Crippen LogP contribution in [0.15, 0.2) is 12.1 Å². The number of carbonyl (C=O) groups is 1. The Balaban J connectivity index is 3.04. The molecule has 0 bridgehead atoms. The first-order valence-corrected chi connectivity index (χ1v) is 4.96. The first-order valence-electron chi connectivity index (χ1n) is 4.96. The fraction of sp³-hybridized carbons (Fsp3) is 0.250. The zero-order valence-corrected chi connectivity index (χ0v) is 9.39. The van der Waals surface area contributed by atoms with Crippen molar-refractivity contribution in [3.63, 3.8) is 0 Å². The van der Waals surface area contributed by atoms with E-state index in [1.54, 1.807) is 6.92 Å². The van der Waals surface area contributed by atoms with Gasteiger partial charge in [0.2, 0.25) is 0 Å². The van der Waals surface area contributed by atoms with Gasteiger partial charge in [-0.3, -0.25) is 0 Å². The normalized spacial score (nSPS) is 10.9. The molecule has 0 saturated heterocycles. The van der Waals surface area contributed by atoms with Gasteiger partial charge in [-0.05, 0) is 37.1 Å². The van der Waals surface area contributed by atoms with Crippen molar-refractivity contribution in [2.45, 2.75) is 13.8 Å². The highest BCUT2D eigenvalue weighted by Crippen LogP contribution is 2.20. The zero-order valence-electron chi connectivity index (χ0n) is 9.39. The van der Waals surface area contributed by atoms with Gasteiger partial charge in [0, 0.05) is 6.08 Å². The summed E-state index contributed by atoms with van der Waals surface area (Å²) in [5, 5.41) is 0. The second-order valence-electron chi connectivity index (χ2n) is 3.29. The molecule has 92 valence electrons. The second kappa shape index (κ2) is 5.52. The Hall–Kier alpha value is -1.78. The van der Waals surface area contributed by atoms with Gasteiger partial charge in [0.05, 0.1) is 6.61 Å². The summed E-state index contributed by atoms with van der Waals surface area (Å²) in [5.74, 6) is -4.70. The summed E-state index contributed by atoms with van der Waals surface area (Å²) in [4.78, 5) is 11.0. The molecule has 0 atom stereocenters. The average molecular weight is 244 g/mol. The lowest BCUT2D eigenvalue weighted by Gasteiger charge is -2.04. The molecule has 2 nitrogen and oxygen atoms in total. The highest BCUT2D eigenvalue weighted by molar-refractivity contribution is 5.87. The van der Waals surface area contributed by atoms with Crippen LogP contribution in [0.5, 0.6) is 0 Å². The summed E-state index contributed by atoms with van der Waals surface area (Å²) in [6.45, 7) is 3.13. The molecule has 0 aliphatic rings. The van der Waals surface area contributed by atoms with E-state index in [1.807, 2.05) is 0 Å². The Labute approximate surface area is 96.7 Å². The predicted octanol–water partition coefficient (Wildman–Crippen LogP) is 2.99. The Morgan fingerprint density at radius 2 is 2.00 bits per heavy atom. The summed E-state index contributed by atoms with van der Waals surface area (Å²) < 4.78 is 43.5. The van der Waals surface area contributed by atoms with Crippen molar-refractivity contribution >= 4 is 12.0 Å². The minimum Gasteiger partial charge on any atom is -0.463 e. The molecule has 0 radical (unpaired) electrons. The number of benzene rings is 1. The zero-order chi connectivity index (χ0) is 13.0. The van der Waals surface area contributed by atoms with E-state index in [2.05, 4.69) is 4.74 Å². The third kappa shape index (κ3) is 3.09. The van der Waals surface area contributed by atoms with E-state index in [1.165, 1.54) is 13.0 Å². The molecule has 0 aromatic heterocycles. The molecule has 1 rings (SSSR count). The summed E-state index contributed by atoms with van der Waals surface area (Å²) in [6.07, 6.45) is 2.21. The maximum Gasteiger partial charge on any atom is 0.330 e. The highest BCUT2D eigenvalue weighted by Gasteiger charge is 2.14. The molecule has 0 N–H and O–H groups in total. The quantitative estimate of drug-likeness (QED) is 0.464. The van der Waals surface area contributed by atoms with E-state index in [0.717, 1.165) is 12.1 Å². The Morgan fingerprint density at radius 3 is 2.59 bits per heavy atom. The molecule has 0 spiro atoms. The summed E-state index contributed by atoms with van der Waals surface area (Å²) in [6, 6.07) is 0.823. The van der Waals surface area contributed by atoms with Gasteiger partial charge in [0.15, 0.2) is 17.5 Å². The highest BCUT2D eigenvalue weighted by atomic mass is 19.2. The van der Waals surface area contributed by atoms with E-state index in [4.69, 9.17) is 0 Å². The summed E-state index contributed by atoms with van der Waals surface area (Å²) in [5.41, 5.74) is 0.0268. The maximum atomic E-state index is 13.2. The van der Waals surface area contributed by atoms with Crippen LogP contribution in [-0.4, -0.2) is 12.6 Å². The van der Waals surface area contributed by atoms with Crippen molar-refractivity contribution in [1.29, 1.82) is 0 Å². The molecule has 0 saturated carbocycles. The molecule has 0 heterocycles. The van der Waals surface area contributed by atoms with E-state index < -0.39 is 23.4 Å². The van der Waals surface area contributed by atoms with E-state index in [0.29, 0.717) is 0 Å². The van der Waals surface area contributed by atoms with Gasteiger partial charge in [0.25, 0.3) is 0 Å². The van der Waals surface area contributed by atoms with Gasteiger partial charge in [-0.2, -0.15) is 0 Å². The smallest absolute Gasteiger partial charge is 0.330 e. The number of carbonyl (C=O) groups excluding carboxylic acids is 1. The van der Waals surface area contributed by atoms with Crippen LogP contribution in [0.25, 0.3) is 6.08 Å². The average Bonchev–Trinajstić information content (AvgIpc) is 2.30. The molecular formula is C12H11F3O2. The summed E-state index contributed by atoms with van der Waals surface area (Å²) in [7, 11) is 0. The van der Waals surface area contributed by atoms with Crippen LogP contribution in [0.3, 0.4) is 0 Å². The number of rotatable bonds is 3. The largest absolute Gasteiger partial charge is 0.463 e. The molecule has 17 heavy (non-hydrogen) atoms. The molecular weight excluding hydrogens is 233 g/mol. The minimum absolute atomic E-state index is 0.0653. The van der Waals surface area contributed by atoms with Crippen molar-refractivity contribution in [3.05, 3.63) is 40.7 Å². The number of esters is 1. The lowest BCUT2D eigenvalue weighted by Crippen LogP contribution is -2.00. The molecule has 0 fully saturated rings. The number of ether oxygens (including phenoxy) is 1. The molecule has 0 aliphatic carbocycles. The third-order valence-corrected chi connectivity index (χ3v) is 2.13. The van der Waals surface area contributed by atoms with E-state index in [9.17, 15) is 18.0 Å². The number of hydrogen-bond donors (Lipinski definition) is 0. The number of hydrogen-bond acceptors (Lipinski definition) is 2. The van der Waals surface area contributed by atoms with Crippen molar-refractivity contribution < 1.29 is 22.7 Å². The van der Waals surface area contributed by atoms with E-state index >= 15 is 0 Å². The topological polar surface area (TPSA) is 26.3 Å². The second-order valence-corrected chi connectivity index (χ2v) is 3.29. The van der Waals surface area contributed by atoms with E-state index in [-0.39, 0.29) is 17.7 Å². The standard InChI is InChI=1S/C12H11F3O2/c1-3-17-10(16)5-4-8-6-9(13)12(15)11(14)7(8)2/h4-6H,3H2,1-2H3/b5-4+. The Bertz CT molecular complexity index is 467. The minimum atomic E-state index is -1.52. The van der Waals surface area contributed by atoms with Crippen LogP contribution in [0, 0.1) is 24.4 Å². The molecule has 1 aromatic carbocycles. The van der Waals surface area contributed by atoms with Gasteiger partial charge >= 0.3 is 5.97 Å².